The van der Waals surface area contributed by atoms with Crippen molar-refractivity contribution in [3.8, 4) is 5.75 Å². The predicted molar refractivity (Wildman–Crippen MR) is 121 cm³/mol. The van der Waals surface area contributed by atoms with Gasteiger partial charge in [-0.15, -0.1) is 0 Å². The van der Waals surface area contributed by atoms with Gasteiger partial charge < -0.3 is 15.4 Å². The van der Waals surface area contributed by atoms with Crippen LogP contribution in [0.15, 0.2) is 72.8 Å². The zero-order valence-electron chi connectivity index (χ0n) is 17.9. The molecular weight excluding hydrogens is 433 g/mol. The van der Waals surface area contributed by atoms with Crippen LogP contribution in [0.4, 0.5) is 24.5 Å². The Morgan fingerprint density at radius 3 is 1.97 bits per heavy atom. The van der Waals surface area contributed by atoms with Gasteiger partial charge in [-0.2, -0.15) is 13.2 Å². The Labute approximate surface area is 189 Å². The number of carbonyl (C=O) groups is 2. The van der Waals surface area contributed by atoms with Gasteiger partial charge >= 0.3 is 6.18 Å². The quantitative estimate of drug-likeness (QED) is 0.386. The minimum Gasteiger partial charge on any atom is -0.494 e. The van der Waals surface area contributed by atoms with Gasteiger partial charge in [-0.25, -0.2) is 0 Å². The Morgan fingerprint density at radius 2 is 1.39 bits per heavy atom. The molecule has 5 nitrogen and oxygen atoms in total. The number of hydrogen-bond donors (Lipinski definition) is 2. The van der Waals surface area contributed by atoms with Crippen LogP contribution in [0.3, 0.4) is 0 Å². The zero-order chi connectivity index (χ0) is 23.8. The fourth-order valence-electron chi connectivity index (χ4n) is 2.92. The first-order chi connectivity index (χ1) is 15.8. The normalized spacial score (nSPS) is 11.0. The average molecular weight is 456 g/mol. The number of alkyl halides is 3. The fraction of sp³-hybridized carbons (Fsp3) is 0.200. The third-order valence-electron chi connectivity index (χ3n) is 4.74. The van der Waals surface area contributed by atoms with Crippen molar-refractivity contribution in [2.45, 2.75) is 25.9 Å². The Bertz CT molecular complexity index is 1100. The molecule has 0 radical (unpaired) electrons. The van der Waals surface area contributed by atoms with Crippen molar-refractivity contribution in [2.75, 3.05) is 17.2 Å². The van der Waals surface area contributed by atoms with Crippen molar-refractivity contribution in [3.63, 3.8) is 0 Å². The molecule has 0 aliphatic heterocycles. The van der Waals surface area contributed by atoms with E-state index >= 15 is 0 Å². The number of amides is 2. The molecule has 0 saturated carbocycles. The second-order valence-corrected chi connectivity index (χ2v) is 7.29. The number of halogens is 3. The number of rotatable bonds is 8. The van der Waals surface area contributed by atoms with E-state index in [9.17, 15) is 22.8 Å². The summed E-state index contributed by atoms with van der Waals surface area (Å²) in [4.78, 5) is 24.8. The number of hydrogen-bond acceptors (Lipinski definition) is 3. The number of anilines is 2. The minimum atomic E-state index is -4.50. The number of unbranched alkanes of at least 4 members (excludes halogenated alkanes) is 1. The SMILES string of the molecule is CCCCOc1ccc(C(=O)Nc2ccc(C(=O)Nc3cccc(C(F)(F)F)c3)cc2)cc1. The molecule has 0 spiro atoms. The Balaban J connectivity index is 1.58. The molecule has 172 valence electrons. The van der Waals surface area contributed by atoms with Gasteiger partial charge in [0.05, 0.1) is 12.2 Å². The van der Waals surface area contributed by atoms with Crippen LogP contribution in [0.25, 0.3) is 0 Å². The van der Waals surface area contributed by atoms with Gasteiger partial charge in [0, 0.05) is 22.5 Å². The van der Waals surface area contributed by atoms with E-state index in [1.165, 1.54) is 24.3 Å². The second kappa shape index (κ2) is 10.7. The smallest absolute Gasteiger partial charge is 0.416 e. The summed E-state index contributed by atoms with van der Waals surface area (Å²) in [6.07, 6.45) is -2.51. The molecule has 0 aliphatic carbocycles. The minimum absolute atomic E-state index is 0.0364. The monoisotopic (exact) mass is 456 g/mol. The summed E-state index contributed by atoms with van der Waals surface area (Å²) < 4.78 is 44.1. The van der Waals surface area contributed by atoms with E-state index in [0.29, 0.717) is 23.6 Å². The number of carbonyl (C=O) groups excluding carboxylic acids is 2. The van der Waals surface area contributed by atoms with E-state index in [0.717, 1.165) is 25.0 Å². The third-order valence-corrected chi connectivity index (χ3v) is 4.74. The third kappa shape index (κ3) is 6.83. The Hall–Kier alpha value is -3.81. The lowest BCUT2D eigenvalue weighted by Crippen LogP contribution is -2.14. The molecule has 0 aromatic heterocycles. The summed E-state index contributed by atoms with van der Waals surface area (Å²) in [5.41, 5.74) is 0.343. The summed E-state index contributed by atoms with van der Waals surface area (Å²) in [6.45, 7) is 2.70. The van der Waals surface area contributed by atoms with Gasteiger partial charge in [-0.1, -0.05) is 19.4 Å². The van der Waals surface area contributed by atoms with Crippen LogP contribution < -0.4 is 15.4 Å². The molecule has 0 bridgehead atoms. The van der Waals surface area contributed by atoms with Crippen LogP contribution in [-0.2, 0) is 6.18 Å². The van der Waals surface area contributed by atoms with Crippen LogP contribution in [0.5, 0.6) is 5.75 Å². The van der Waals surface area contributed by atoms with Crippen LogP contribution in [0.2, 0.25) is 0 Å². The van der Waals surface area contributed by atoms with Gasteiger partial charge in [0.25, 0.3) is 11.8 Å². The molecule has 0 saturated heterocycles. The van der Waals surface area contributed by atoms with E-state index in [4.69, 9.17) is 4.74 Å². The maximum absolute atomic E-state index is 12.8. The number of benzene rings is 3. The van der Waals surface area contributed by atoms with Crippen molar-refractivity contribution in [3.05, 3.63) is 89.5 Å². The van der Waals surface area contributed by atoms with Crippen molar-refractivity contribution >= 4 is 23.2 Å². The highest BCUT2D eigenvalue weighted by Gasteiger charge is 2.30. The van der Waals surface area contributed by atoms with Crippen LogP contribution in [0.1, 0.15) is 46.0 Å². The maximum Gasteiger partial charge on any atom is 0.416 e. The average Bonchev–Trinajstić information content (AvgIpc) is 2.80. The van der Waals surface area contributed by atoms with Gasteiger partial charge in [-0.3, -0.25) is 9.59 Å². The molecule has 3 aromatic carbocycles. The molecule has 0 heterocycles. The first-order valence-electron chi connectivity index (χ1n) is 10.4. The second-order valence-electron chi connectivity index (χ2n) is 7.29. The molecule has 2 amide bonds. The molecule has 0 aliphatic rings. The van der Waals surface area contributed by atoms with Gasteiger partial charge in [0.2, 0.25) is 0 Å². The van der Waals surface area contributed by atoms with E-state index < -0.39 is 17.6 Å². The highest BCUT2D eigenvalue weighted by molar-refractivity contribution is 6.06. The molecule has 3 aromatic rings. The van der Waals surface area contributed by atoms with Crippen LogP contribution >= 0.6 is 0 Å². The van der Waals surface area contributed by atoms with Crippen molar-refractivity contribution in [1.29, 1.82) is 0 Å². The first kappa shape index (κ1) is 23.8. The van der Waals surface area contributed by atoms with E-state index in [-0.39, 0.29) is 17.2 Å². The summed E-state index contributed by atoms with van der Waals surface area (Å²) in [5, 5.41) is 5.18. The molecule has 8 heteroatoms. The molecule has 0 fully saturated rings. The van der Waals surface area contributed by atoms with Crippen molar-refractivity contribution in [2.24, 2.45) is 0 Å². The van der Waals surface area contributed by atoms with Gasteiger partial charge in [0.15, 0.2) is 0 Å². The van der Waals surface area contributed by atoms with E-state index in [1.54, 1.807) is 36.4 Å². The summed E-state index contributed by atoms with van der Waals surface area (Å²) in [7, 11) is 0. The first-order valence-corrected chi connectivity index (χ1v) is 10.4. The molecular formula is C25H23F3N2O3. The highest BCUT2D eigenvalue weighted by Crippen LogP contribution is 2.30. The molecule has 0 unspecified atom stereocenters. The lowest BCUT2D eigenvalue weighted by Gasteiger charge is -2.10. The zero-order valence-corrected chi connectivity index (χ0v) is 17.9. The summed E-state index contributed by atoms with van der Waals surface area (Å²) in [6, 6.07) is 17.2. The van der Waals surface area contributed by atoms with Crippen LogP contribution in [-0.4, -0.2) is 18.4 Å². The lowest BCUT2D eigenvalue weighted by molar-refractivity contribution is -0.137. The van der Waals surface area contributed by atoms with Crippen molar-refractivity contribution < 1.29 is 27.5 Å². The molecule has 33 heavy (non-hydrogen) atoms. The van der Waals surface area contributed by atoms with Crippen molar-refractivity contribution in [1.82, 2.24) is 0 Å². The Morgan fingerprint density at radius 1 is 0.818 bits per heavy atom. The topological polar surface area (TPSA) is 67.4 Å². The summed E-state index contributed by atoms with van der Waals surface area (Å²) in [5.74, 6) is -0.196. The Kier molecular flexibility index (Phi) is 7.71. The summed E-state index contributed by atoms with van der Waals surface area (Å²) >= 11 is 0. The highest BCUT2D eigenvalue weighted by atomic mass is 19.4. The standard InChI is InChI=1S/C25H23F3N2O3/c1-2-3-15-33-22-13-9-18(10-14-22)23(31)29-20-11-7-17(8-12-20)24(32)30-21-6-4-5-19(16-21)25(26,27)28/h4-14,16H,2-3,15H2,1H3,(H,29,31)(H,30,32). The molecule has 3 rings (SSSR count). The van der Waals surface area contributed by atoms with Gasteiger partial charge in [-0.05, 0) is 73.2 Å². The predicted octanol–water partition coefficient (Wildman–Crippen LogP) is 6.39. The van der Waals surface area contributed by atoms with Crippen LogP contribution in [0, 0.1) is 0 Å². The number of nitrogens with one attached hydrogen (secondary N) is 2. The molecule has 2 N–H and O–H groups in total. The fourth-order valence-corrected chi connectivity index (χ4v) is 2.92. The lowest BCUT2D eigenvalue weighted by atomic mass is 10.1. The molecule has 0 atom stereocenters. The van der Waals surface area contributed by atoms with E-state index in [1.807, 2.05) is 0 Å². The van der Waals surface area contributed by atoms with Gasteiger partial charge in [0.1, 0.15) is 5.75 Å². The van der Waals surface area contributed by atoms with E-state index in [2.05, 4.69) is 17.6 Å². The number of ether oxygens (including phenoxy) is 1. The largest absolute Gasteiger partial charge is 0.494 e. The maximum atomic E-state index is 12.8.